The topological polar surface area (TPSA) is 164 Å². The average Bonchev–Trinajstić information content (AvgIpc) is 3.22. The van der Waals surface area contributed by atoms with Gasteiger partial charge in [-0.2, -0.15) is 0 Å². The Balaban J connectivity index is -0.00000103. The first-order valence-corrected chi connectivity index (χ1v) is 25.1. The molecule has 0 aliphatic heterocycles. The summed E-state index contributed by atoms with van der Waals surface area (Å²) < 4.78 is 41.4. The standard InChI is InChI=1S/C27H55O6P.C14H26O4.C7H14O2/c1-5-7-8-9-10-11-12-13-14-15-16-17-18-19-20-21-24-32-34(29,30)33-25-22-23-31-26(28)27(3,4)6-2;1-7-13(3,4)11(15)17-9-10-18-12(16)14(5,6)8-2;1-5-7(2,3)6(8)9-4/h5-25H2,1-4H3,(H,29,30);7-10H2,1-6H3;5H2,1-4H3/p-1. The van der Waals surface area contributed by atoms with E-state index in [0.29, 0.717) is 25.7 Å². The van der Waals surface area contributed by atoms with Crippen LogP contribution in [0.5, 0.6) is 0 Å². The number of ether oxygens (including phenoxy) is 4. The van der Waals surface area contributed by atoms with E-state index in [1.54, 1.807) is 0 Å². The number of esters is 4. The van der Waals surface area contributed by atoms with Gasteiger partial charge in [0.15, 0.2) is 0 Å². The van der Waals surface area contributed by atoms with Gasteiger partial charge in [-0.25, -0.2) is 0 Å². The second-order valence-electron chi connectivity index (χ2n) is 18.6. The molecule has 61 heavy (non-hydrogen) atoms. The molecule has 0 saturated heterocycles. The SMILES string of the molecule is CCC(C)(C)C(=O)OC.CCC(C)(C)C(=O)OCCOC(=O)C(C)(C)CC.CCCCCCCCCCCCCCCCCCOP(=O)([O-])OCCCOC(=O)C(C)(C)CC. The van der Waals surface area contributed by atoms with Gasteiger partial charge in [0, 0.05) is 6.42 Å². The normalized spacial score (nSPS) is 12.8. The number of phosphoric ester groups is 1. The molecule has 0 aromatic heterocycles. The van der Waals surface area contributed by atoms with Crippen molar-refractivity contribution >= 4 is 31.7 Å². The van der Waals surface area contributed by atoms with Crippen LogP contribution in [0.4, 0.5) is 0 Å². The maximum Gasteiger partial charge on any atom is 0.311 e. The van der Waals surface area contributed by atoms with Crippen LogP contribution in [0.2, 0.25) is 0 Å². The van der Waals surface area contributed by atoms with E-state index < -0.39 is 24.1 Å². The number of hydrogen-bond acceptors (Lipinski definition) is 12. The molecule has 0 fully saturated rings. The first-order valence-electron chi connectivity index (χ1n) is 23.7. The van der Waals surface area contributed by atoms with Gasteiger partial charge in [-0.15, -0.1) is 0 Å². The molecule has 0 spiro atoms. The third kappa shape index (κ3) is 35.1. The number of hydrogen-bond donors (Lipinski definition) is 0. The van der Waals surface area contributed by atoms with E-state index in [4.69, 9.17) is 23.3 Å². The van der Waals surface area contributed by atoms with E-state index in [1.807, 2.05) is 83.1 Å². The summed E-state index contributed by atoms with van der Waals surface area (Å²) >= 11 is 0. The summed E-state index contributed by atoms with van der Waals surface area (Å²) in [5.41, 5.74) is -1.79. The highest BCUT2D eigenvalue weighted by atomic mass is 31.2. The smallest absolute Gasteiger partial charge is 0.311 e. The Morgan fingerprint density at radius 1 is 0.393 bits per heavy atom. The van der Waals surface area contributed by atoms with Crippen LogP contribution in [0.25, 0.3) is 0 Å². The van der Waals surface area contributed by atoms with Gasteiger partial charge >= 0.3 is 23.9 Å². The minimum Gasteiger partial charge on any atom is -0.756 e. The molecule has 13 heteroatoms. The van der Waals surface area contributed by atoms with Crippen molar-refractivity contribution in [1.29, 1.82) is 0 Å². The van der Waals surface area contributed by atoms with Crippen LogP contribution in [0, 0.1) is 21.7 Å². The fourth-order valence-electron chi connectivity index (χ4n) is 4.97. The van der Waals surface area contributed by atoms with Crippen LogP contribution < -0.4 is 4.89 Å². The van der Waals surface area contributed by atoms with Crippen LogP contribution in [0.15, 0.2) is 0 Å². The second-order valence-corrected chi connectivity index (χ2v) is 20.0. The van der Waals surface area contributed by atoms with Crippen molar-refractivity contribution in [2.45, 2.75) is 225 Å². The van der Waals surface area contributed by atoms with E-state index >= 15 is 0 Å². The van der Waals surface area contributed by atoms with Gasteiger partial charge in [-0.3, -0.25) is 23.7 Å². The Labute approximate surface area is 374 Å². The molecule has 0 heterocycles. The van der Waals surface area contributed by atoms with Gasteiger partial charge in [0.05, 0.1) is 48.6 Å². The molecule has 0 radical (unpaired) electrons. The monoisotopic (exact) mass is 894 g/mol. The zero-order valence-corrected chi connectivity index (χ0v) is 42.6. The number of unbranched alkanes of at least 4 members (excludes halogenated alkanes) is 15. The Hall–Kier alpha value is -2.01. The number of rotatable bonds is 34. The molecule has 0 aromatic carbocycles. The average molecular weight is 894 g/mol. The van der Waals surface area contributed by atoms with Crippen LogP contribution in [0.3, 0.4) is 0 Å². The molecule has 0 aliphatic carbocycles. The lowest BCUT2D eigenvalue weighted by Crippen LogP contribution is -2.29. The van der Waals surface area contributed by atoms with E-state index in [1.165, 1.54) is 90.6 Å². The summed E-state index contributed by atoms with van der Waals surface area (Å²) in [5.74, 6) is -0.920. The van der Waals surface area contributed by atoms with Crippen molar-refractivity contribution in [2.24, 2.45) is 21.7 Å². The van der Waals surface area contributed by atoms with E-state index in [2.05, 4.69) is 11.7 Å². The Bertz CT molecular complexity index is 1150. The molecule has 0 aromatic rings. The van der Waals surface area contributed by atoms with Crippen molar-refractivity contribution in [3.63, 3.8) is 0 Å². The van der Waals surface area contributed by atoms with Crippen molar-refractivity contribution in [1.82, 2.24) is 0 Å². The van der Waals surface area contributed by atoms with Crippen LogP contribution >= 0.6 is 7.82 Å². The Morgan fingerprint density at radius 3 is 0.934 bits per heavy atom. The summed E-state index contributed by atoms with van der Waals surface area (Å²) in [7, 11) is -2.86. The minimum atomic E-state index is -4.28. The number of phosphoric acid groups is 1. The van der Waals surface area contributed by atoms with Crippen LogP contribution in [-0.2, 0) is 51.7 Å². The maximum absolute atomic E-state index is 11.8. The largest absolute Gasteiger partial charge is 0.756 e. The molecule has 0 bridgehead atoms. The molecule has 12 nitrogen and oxygen atoms in total. The first-order chi connectivity index (χ1) is 28.5. The summed E-state index contributed by atoms with van der Waals surface area (Å²) in [4.78, 5) is 57.7. The molecule has 1 unspecified atom stereocenters. The third-order valence-corrected chi connectivity index (χ3v) is 12.5. The summed E-state index contributed by atoms with van der Waals surface area (Å²) in [6.07, 6.45) is 23.7. The lowest BCUT2D eigenvalue weighted by molar-refractivity contribution is -0.225. The zero-order valence-electron chi connectivity index (χ0n) is 41.7. The number of methoxy groups -OCH3 is 1. The fraction of sp³-hybridized carbons (Fsp3) is 0.917. The maximum atomic E-state index is 11.8. The van der Waals surface area contributed by atoms with Crippen molar-refractivity contribution in [3.8, 4) is 0 Å². The van der Waals surface area contributed by atoms with Gasteiger partial charge < -0.3 is 32.9 Å². The summed E-state index contributed by atoms with van der Waals surface area (Å²) in [6, 6.07) is 0. The van der Waals surface area contributed by atoms with Crippen molar-refractivity contribution < 1.29 is 56.6 Å². The molecule has 364 valence electrons. The zero-order chi connectivity index (χ0) is 47.4. The minimum absolute atomic E-state index is 0.0421. The molecule has 1 atom stereocenters. The summed E-state index contributed by atoms with van der Waals surface area (Å²) in [5, 5.41) is 0. The number of carbonyl (C=O) groups excluding carboxylic acids is 4. The summed E-state index contributed by atoms with van der Waals surface area (Å²) in [6.45, 7) is 25.3. The Morgan fingerprint density at radius 2 is 0.656 bits per heavy atom. The van der Waals surface area contributed by atoms with Gasteiger partial charge in [-0.05, 0) is 87.5 Å². The van der Waals surface area contributed by atoms with Crippen LogP contribution in [-0.4, -0.2) is 64.0 Å². The molecule has 0 N–H and O–H groups in total. The van der Waals surface area contributed by atoms with E-state index in [0.717, 1.165) is 25.7 Å². The Kier molecular flexibility index (Phi) is 37.7. The lowest BCUT2D eigenvalue weighted by Gasteiger charge is -2.23. The highest BCUT2D eigenvalue weighted by Gasteiger charge is 2.29. The predicted octanol–water partition coefficient (Wildman–Crippen LogP) is 12.7. The molecule has 0 saturated carbocycles. The molecule has 0 rings (SSSR count). The fourth-order valence-corrected chi connectivity index (χ4v) is 5.75. The third-order valence-electron chi connectivity index (χ3n) is 11.5. The van der Waals surface area contributed by atoms with Crippen molar-refractivity contribution in [2.75, 3.05) is 40.1 Å². The molecule has 0 aliphatic rings. The molecular weight excluding hydrogens is 799 g/mol. The molecule has 0 amide bonds. The highest BCUT2D eigenvalue weighted by Crippen LogP contribution is 2.38. The van der Waals surface area contributed by atoms with Gasteiger partial charge in [0.2, 0.25) is 0 Å². The molecular formula is C48H94O12P-. The van der Waals surface area contributed by atoms with E-state index in [9.17, 15) is 28.6 Å². The van der Waals surface area contributed by atoms with Gasteiger partial charge in [0.25, 0.3) is 7.82 Å². The van der Waals surface area contributed by atoms with E-state index in [-0.39, 0.29) is 62.3 Å². The quantitative estimate of drug-likeness (QED) is 0.0260. The first kappa shape index (κ1) is 63.3. The highest BCUT2D eigenvalue weighted by molar-refractivity contribution is 7.45. The second kappa shape index (κ2) is 36.3. The van der Waals surface area contributed by atoms with Crippen LogP contribution in [0.1, 0.15) is 225 Å². The van der Waals surface area contributed by atoms with Crippen molar-refractivity contribution in [3.05, 3.63) is 0 Å². The predicted molar refractivity (Wildman–Crippen MR) is 245 cm³/mol. The lowest BCUT2D eigenvalue weighted by atomic mass is 9.90. The number of carbonyl (C=O) groups is 4. The van der Waals surface area contributed by atoms with Gasteiger partial charge in [0.1, 0.15) is 13.2 Å². The van der Waals surface area contributed by atoms with Gasteiger partial charge in [-0.1, -0.05) is 131 Å².